The van der Waals surface area contributed by atoms with Crippen LogP contribution in [-0.4, -0.2) is 27.9 Å². The molecule has 0 saturated carbocycles. The molecular weight excluding hydrogens is 368 g/mol. The van der Waals surface area contributed by atoms with Crippen LogP contribution in [-0.2, 0) is 9.53 Å². The number of aryl methyl sites for hydroxylation is 1. The van der Waals surface area contributed by atoms with Crippen molar-refractivity contribution in [2.24, 2.45) is 0 Å². The predicted molar refractivity (Wildman–Crippen MR) is 106 cm³/mol. The Balaban J connectivity index is 2.00. The van der Waals surface area contributed by atoms with Crippen LogP contribution in [0.25, 0.3) is 16.9 Å². The van der Waals surface area contributed by atoms with Gasteiger partial charge in [-0.2, -0.15) is 0 Å². The first kappa shape index (κ1) is 18.5. The summed E-state index contributed by atoms with van der Waals surface area (Å²) in [5.41, 5.74) is 4.15. The minimum atomic E-state index is -0.250. The molecule has 6 heteroatoms. The van der Waals surface area contributed by atoms with Crippen LogP contribution in [0.2, 0.25) is 5.02 Å². The van der Waals surface area contributed by atoms with Crippen molar-refractivity contribution >= 4 is 29.3 Å². The average molecular weight is 387 g/mol. The molecule has 0 aliphatic heterocycles. The maximum Gasteiger partial charge on any atom is 0.316 e. The van der Waals surface area contributed by atoms with E-state index in [-0.39, 0.29) is 11.7 Å². The number of thioether (sulfide) groups is 1. The van der Waals surface area contributed by atoms with Crippen LogP contribution in [0.3, 0.4) is 0 Å². The number of rotatable bonds is 6. The lowest BCUT2D eigenvalue weighted by Crippen LogP contribution is -2.08. The molecule has 1 aromatic heterocycles. The van der Waals surface area contributed by atoms with E-state index in [9.17, 15) is 4.79 Å². The molecule has 0 fully saturated rings. The summed E-state index contributed by atoms with van der Waals surface area (Å²) in [7, 11) is 0. The van der Waals surface area contributed by atoms with Gasteiger partial charge in [0.15, 0.2) is 5.16 Å². The van der Waals surface area contributed by atoms with Crippen molar-refractivity contribution in [3.8, 4) is 16.9 Å². The highest BCUT2D eigenvalue weighted by atomic mass is 35.5. The highest BCUT2D eigenvalue weighted by molar-refractivity contribution is 7.99. The number of benzene rings is 2. The van der Waals surface area contributed by atoms with Gasteiger partial charge in [0.1, 0.15) is 0 Å². The van der Waals surface area contributed by atoms with Gasteiger partial charge in [-0.25, -0.2) is 4.98 Å². The zero-order chi connectivity index (χ0) is 18.5. The fourth-order valence-electron chi connectivity index (χ4n) is 2.53. The summed E-state index contributed by atoms with van der Waals surface area (Å²) in [6, 6.07) is 15.8. The summed E-state index contributed by atoms with van der Waals surface area (Å²) in [5.74, 6) is -0.0359. The second-order valence-electron chi connectivity index (χ2n) is 5.70. The van der Waals surface area contributed by atoms with Crippen LogP contribution >= 0.6 is 23.4 Å². The van der Waals surface area contributed by atoms with Crippen LogP contribution in [0.15, 0.2) is 59.9 Å². The molecule has 3 rings (SSSR count). The van der Waals surface area contributed by atoms with Crippen LogP contribution in [0.4, 0.5) is 0 Å². The summed E-state index contributed by atoms with van der Waals surface area (Å²) in [6.45, 7) is 4.23. The molecule has 26 heavy (non-hydrogen) atoms. The van der Waals surface area contributed by atoms with Crippen molar-refractivity contribution in [3.63, 3.8) is 0 Å². The Morgan fingerprint density at radius 2 is 1.85 bits per heavy atom. The molecule has 0 radical (unpaired) electrons. The Hall–Kier alpha value is -2.24. The third-order valence-electron chi connectivity index (χ3n) is 3.79. The van der Waals surface area contributed by atoms with Gasteiger partial charge in [-0.15, -0.1) is 0 Å². The molecule has 0 spiro atoms. The number of hydrogen-bond donors (Lipinski definition) is 0. The Bertz CT molecular complexity index is 889. The van der Waals surface area contributed by atoms with E-state index in [0.29, 0.717) is 11.6 Å². The fraction of sp³-hybridized carbons (Fsp3) is 0.200. The van der Waals surface area contributed by atoms with E-state index >= 15 is 0 Å². The van der Waals surface area contributed by atoms with Gasteiger partial charge in [0.05, 0.1) is 24.3 Å². The molecule has 0 N–H and O–H groups in total. The van der Waals surface area contributed by atoms with E-state index in [4.69, 9.17) is 16.3 Å². The molecule has 4 nitrogen and oxygen atoms in total. The van der Waals surface area contributed by atoms with Crippen molar-refractivity contribution in [3.05, 3.63) is 65.3 Å². The molecule has 0 aliphatic rings. The quantitative estimate of drug-likeness (QED) is 0.433. The number of imidazole rings is 1. The highest BCUT2D eigenvalue weighted by Gasteiger charge is 2.16. The second-order valence-corrected chi connectivity index (χ2v) is 7.08. The van der Waals surface area contributed by atoms with Crippen LogP contribution < -0.4 is 0 Å². The van der Waals surface area contributed by atoms with Crippen molar-refractivity contribution in [2.45, 2.75) is 19.0 Å². The lowest BCUT2D eigenvalue weighted by atomic mass is 10.1. The number of carbonyl (C=O) groups excluding carboxylic acids is 1. The number of hydrogen-bond acceptors (Lipinski definition) is 4. The predicted octanol–water partition coefficient (Wildman–Crippen LogP) is 5.16. The summed E-state index contributed by atoms with van der Waals surface area (Å²) in [4.78, 5) is 16.3. The smallest absolute Gasteiger partial charge is 0.316 e. The zero-order valence-corrected chi connectivity index (χ0v) is 16.2. The first-order valence-electron chi connectivity index (χ1n) is 8.27. The molecule has 0 bridgehead atoms. The monoisotopic (exact) mass is 386 g/mol. The summed E-state index contributed by atoms with van der Waals surface area (Å²) < 4.78 is 7.05. The second kappa shape index (κ2) is 8.43. The van der Waals surface area contributed by atoms with Crippen LogP contribution in [0, 0.1) is 6.92 Å². The Labute approximate surface area is 162 Å². The standard InChI is InChI=1S/C20H19ClN2O2S/c1-3-25-19(24)13-26-20-22-12-18(15-6-4-14(2)5-7-15)23(20)17-10-8-16(21)9-11-17/h4-12H,3,13H2,1-2H3. The molecule has 0 atom stereocenters. The van der Waals surface area contributed by atoms with E-state index in [1.165, 1.54) is 17.3 Å². The van der Waals surface area contributed by atoms with Crippen LogP contribution in [0.1, 0.15) is 12.5 Å². The van der Waals surface area contributed by atoms with Gasteiger partial charge in [-0.1, -0.05) is 53.2 Å². The van der Waals surface area contributed by atoms with Gasteiger partial charge in [-0.3, -0.25) is 9.36 Å². The van der Waals surface area contributed by atoms with Gasteiger partial charge < -0.3 is 4.74 Å². The maximum absolute atomic E-state index is 11.7. The van der Waals surface area contributed by atoms with Crippen molar-refractivity contribution in [1.29, 1.82) is 0 Å². The first-order chi connectivity index (χ1) is 12.6. The molecule has 0 unspecified atom stereocenters. The first-order valence-corrected chi connectivity index (χ1v) is 9.64. The van der Waals surface area contributed by atoms with E-state index in [2.05, 4.69) is 36.2 Å². The molecular formula is C20H19ClN2O2S. The average Bonchev–Trinajstić information content (AvgIpc) is 3.05. The zero-order valence-electron chi connectivity index (χ0n) is 14.6. The lowest BCUT2D eigenvalue weighted by Gasteiger charge is -2.12. The fourth-order valence-corrected chi connectivity index (χ4v) is 3.45. The van der Waals surface area contributed by atoms with Crippen molar-refractivity contribution < 1.29 is 9.53 Å². The van der Waals surface area contributed by atoms with E-state index in [1.807, 2.05) is 35.0 Å². The van der Waals surface area contributed by atoms with Crippen LogP contribution in [0.5, 0.6) is 0 Å². The number of carbonyl (C=O) groups is 1. The summed E-state index contributed by atoms with van der Waals surface area (Å²) in [5, 5.41) is 1.41. The number of aromatic nitrogens is 2. The van der Waals surface area contributed by atoms with E-state index in [0.717, 1.165) is 22.1 Å². The molecule has 3 aromatic rings. The van der Waals surface area contributed by atoms with Gasteiger partial charge in [0.2, 0.25) is 0 Å². The Kier molecular flexibility index (Phi) is 6.01. The maximum atomic E-state index is 11.7. The molecule has 0 saturated heterocycles. The van der Waals surface area contributed by atoms with E-state index < -0.39 is 0 Å². The van der Waals surface area contributed by atoms with Gasteiger partial charge in [0, 0.05) is 16.3 Å². The SMILES string of the molecule is CCOC(=O)CSc1ncc(-c2ccc(C)cc2)n1-c1ccc(Cl)cc1. The third-order valence-corrected chi connectivity index (χ3v) is 4.96. The highest BCUT2D eigenvalue weighted by Crippen LogP contribution is 2.30. The summed E-state index contributed by atoms with van der Waals surface area (Å²) in [6.07, 6.45) is 1.83. The molecule has 0 aliphatic carbocycles. The number of nitrogens with zero attached hydrogens (tertiary/aromatic N) is 2. The molecule has 0 amide bonds. The Morgan fingerprint density at radius 1 is 1.15 bits per heavy atom. The number of ether oxygens (including phenoxy) is 1. The molecule has 134 valence electrons. The van der Waals surface area contributed by atoms with Gasteiger partial charge in [-0.05, 0) is 38.1 Å². The Morgan fingerprint density at radius 3 is 2.50 bits per heavy atom. The summed E-state index contributed by atoms with van der Waals surface area (Å²) >= 11 is 7.39. The number of esters is 1. The largest absolute Gasteiger partial charge is 0.465 e. The third kappa shape index (κ3) is 4.29. The van der Waals surface area contributed by atoms with Gasteiger partial charge >= 0.3 is 5.97 Å². The molecule has 1 heterocycles. The molecule has 2 aromatic carbocycles. The lowest BCUT2D eigenvalue weighted by molar-refractivity contribution is -0.139. The normalized spacial score (nSPS) is 10.7. The van der Waals surface area contributed by atoms with Crippen molar-refractivity contribution in [2.75, 3.05) is 12.4 Å². The van der Waals surface area contributed by atoms with Gasteiger partial charge in [0.25, 0.3) is 0 Å². The minimum Gasteiger partial charge on any atom is -0.465 e. The topological polar surface area (TPSA) is 44.1 Å². The minimum absolute atomic E-state index is 0.214. The van der Waals surface area contributed by atoms with Crippen molar-refractivity contribution in [1.82, 2.24) is 9.55 Å². The number of halogens is 1. The van der Waals surface area contributed by atoms with E-state index in [1.54, 1.807) is 6.92 Å².